The average molecular weight is 526 g/mol. The summed E-state index contributed by atoms with van der Waals surface area (Å²) in [4.78, 5) is 58.1. The monoisotopic (exact) mass is 526 g/mol. The Morgan fingerprint density at radius 2 is 1.83 bits per heavy atom. The largest absolute Gasteiger partial charge is 0.524 e. The second kappa shape index (κ2) is 13.7. The van der Waals surface area contributed by atoms with Crippen molar-refractivity contribution in [1.29, 1.82) is 0 Å². The van der Waals surface area contributed by atoms with Crippen LogP contribution in [0, 0.1) is 0 Å². The predicted molar refractivity (Wildman–Crippen MR) is 126 cm³/mol. The molecule has 0 aliphatic heterocycles. The third-order valence-corrected chi connectivity index (χ3v) is 5.48. The number of nitrogens with one attached hydrogen (secondary N) is 2. The molecule has 2 rings (SSSR count). The summed E-state index contributed by atoms with van der Waals surface area (Å²) in [7, 11) is -4.71. The number of carboxylic acid groups (broad SMARTS) is 1. The van der Waals surface area contributed by atoms with Gasteiger partial charge in [0.25, 0.3) is 0 Å². The van der Waals surface area contributed by atoms with E-state index in [0.29, 0.717) is 17.8 Å². The maximum Gasteiger partial charge on any atom is 0.524 e. The molecule has 2 amide bonds. The molecular formula is C22H31N4O9P. The number of phosphoric ester groups is 1. The number of benzene rings is 1. The van der Waals surface area contributed by atoms with E-state index in [1.54, 1.807) is 0 Å². The van der Waals surface area contributed by atoms with Crippen molar-refractivity contribution < 1.29 is 42.9 Å². The van der Waals surface area contributed by atoms with E-state index in [9.17, 15) is 18.9 Å². The van der Waals surface area contributed by atoms with E-state index >= 15 is 0 Å². The Kier molecular flexibility index (Phi) is 11.0. The van der Waals surface area contributed by atoms with Crippen LogP contribution in [0.4, 0.5) is 0 Å². The number of aryl methyl sites for hydroxylation is 1. The Hall–Kier alpha value is -3.28. The van der Waals surface area contributed by atoms with E-state index < -0.39 is 37.7 Å². The minimum atomic E-state index is -4.71. The van der Waals surface area contributed by atoms with Gasteiger partial charge in [0.1, 0.15) is 17.8 Å². The zero-order valence-electron chi connectivity index (χ0n) is 20.0. The van der Waals surface area contributed by atoms with Crippen molar-refractivity contribution in [3.63, 3.8) is 0 Å². The van der Waals surface area contributed by atoms with Crippen LogP contribution in [0.3, 0.4) is 0 Å². The zero-order chi connectivity index (χ0) is 26.7. The summed E-state index contributed by atoms with van der Waals surface area (Å²) in [5.41, 5.74) is 0.569. The van der Waals surface area contributed by atoms with E-state index in [1.807, 2.05) is 0 Å². The fraction of sp³-hybridized carbons (Fsp3) is 0.500. The summed E-state index contributed by atoms with van der Waals surface area (Å²) in [5, 5.41) is 18.3. The molecule has 0 radical (unpaired) electrons. The summed E-state index contributed by atoms with van der Waals surface area (Å²) in [5.74, 6) is -1.64. The lowest BCUT2D eigenvalue weighted by Gasteiger charge is -2.21. The molecule has 5 N–H and O–H groups in total. The number of nitrogens with zero attached hydrogens (tertiary/aromatic N) is 2. The topological polar surface area (TPSA) is 201 Å². The number of carboxylic acids is 1. The van der Waals surface area contributed by atoms with E-state index in [0.717, 1.165) is 19.3 Å². The molecule has 2 atom stereocenters. The first-order valence-electron chi connectivity index (χ1n) is 11.4. The molecule has 2 aromatic rings. The van der Waals surface area contributed by atoms with Crippen LogP contribution < -0.4 is 15.2 Å². The highest BCUT2D eigenvalue weighted by molar-refractivity contribution is 7.46. The van der Waals surface area contributed by atoms with E-state index in [4.69, 9.17) is 19.4 Å². The molecule has 13 nitrogen and oxygen atoms in total. The molecule has 0 unspecified atom stereocenters. The highest BCUT2D eigenvalue weighted by atomic mass is 31.2. The van der Waals surface area contributed by atoms with Gasteiger partial charge in [-0.2, -0.15) is 4.98 Å². The standard InChI is InChI=1S/C22H31N4O9P/c1-3-4-5-6-19-25-22(34-26-19)17(11-12-20(28)29)24-21(30)18(23-14(2)27)13-15-7-9-16(10-8-15)35-36(31,32)33/h7-10,17-18H,3-6,11-13H2,1-2H3,(H,23,27)(H,24,30)(H,28,29)(H2,31,32,33)/t17-,18-/m0/s1. The average Bonchev–Trinajstić information content (AvgIpc) is 3.25. The smallest absolute Gasteiger partial charge is 0.481 e. The summed E-state index contributed by atoms with van der Waals surface area (Å²) in [6, 6.07) is 3.73. The van der Waals surface area contributed by atoms with Crippen LogP contribution in [0.25, 0.3) is 0 Å². The van der Waals surface area contributed by atoms with Gasteiger partial charge in [-0.05, 0) is 30.5 Å². The lowest BCUT2D eigenvalue weighted by Crippen LogP contribution is -2.48. The fourth-order valence-corrected chi connectivity index (χ4v) is 3.75. The molecule has 0 fully saturated rings. The van der Waals surface area contributed by atoms with Gasteiger partial charge in [-0.25, -0.2) is 4.57 Å². The van der Waals surface area contributed by atoms with Gasteiger partial charge in [0.2, 0.25) is 17.7 Å². The number of hydrogen-bond acceptors (Lipinski definition) is 8. The summed E-state index contributed by atoms with van der Waals surface area (Å²) in [6.45, 7) is 3.31. The van der Waals surface area contributed by atoms with Gasteiger partial charge in [-0.3, -0.25) is 24.2 Å². The number of aliphatic carboxylic acids is 1. The molecule has 0 spiro atoms. The molecule has 0 saturated heterocycles. The Morgan fingerprint density at radius 3 is 2.42 bits per heavy atom. The number of rotatable bonds is 15. The molecule has 36 heavy (non-hydrogen) atoms. The molecule has 0 aliphatic carbocycles. The van der Waals surface area contributed by atoms with Crippen molar-refractivity contribution in [2.75, 3.05) is 0 Å². The molecule has 1 aromatic carbocycles. The van der Waals surface area contributed by atoms with Gasteiger partial charge in [0, 0.05) is 26.2 Å². The Labute approximate surface area is 207 Å². The third-order valence-electron chi connectivity index (χ3n) is 5.03. The minimum Gasteiger partial charge on any atom is -0.481 e. The van der Waals surface area contributed by atoms with Gasteiger partial charge in [-0.15, -0.1) is 0 Å². The van der Waals surface area contributed by atoms with Crippen LogP contribution in [0.1, 0.15) is 69.3 Å². The second-order valence-corrected chi connectivity index (χ2v) is 9.35. The maximum absolute atomic E-state index is 13.1. The number of phosphoric acid groups is 1. The number of carbonyl (C=O) groups excluding carboxylic acids is 2. The SMILES string of the molecule is CCCCCc1noc([C@H](CCC(=O)O)NC(=O)[C@H](Cc2ccc(OP(=O)(O)O)cc2)NC(C)=O)n1. The Morgan fingerprint density at radius 1 is 1.14 bits per heavy atom. The molecule has 1 aromatic heterocycles. The highest BCUT2D eigenvalue weighted by Gasteiger charge is 2.27. The Bertz CT molecular complexity index is 1070. The number of amides is 2. The van der Waals surface area contributed by atoms with Gasteiger partial charge >= 0.3 is 13.8 Å². The molecule has 0 aliphatic rings. The van der Waals surface area contributed by atoms with E-state index in [1.165, 1.54) is 31.2 Å². The number of hydrogen-bond donors (Lipinski definition) is 5. The summed E-state index contributed by atoms with van der Waals surface area (Å²) >= 11 is 0. The van der Waals surface area contributed by atoms with E-state index in [-0.39, 0.29) is 30.9 Å². The Balaban J connectivity index is 2.15. The maximum atomic E-state index is 13.1. The number of aromatic nitrogens is 2. The molecular weight excluding hydrogens is 495 g/mol. The van der Waals surface area contributed by atoms with Crippen LogP contribution in [0.2, 0.25) is 0 Å². The molecule has 0 bridgehead atoms. The van der Waals surface area contributed by atoms with Gasteiger partial charge in [-0.1, -0.05) is 37.1 Å². The third kappa shape index (κ3) is 10.5. The normalized spacial score (nSPS) is 13.0. The second-order valence-electron chi connectivity index (χ2n) is 8.18. The van der Waals surface area contributed by atoms with Crippen molar-refractivity contribution in [3.05, 3.63) is 41.5 Å². The first-order valence-corrected chi connectivity index (χ1v) is 13.0. The first kappa shape index (κ1) is 29.0. The molecule has 0 saturated carbocycles. The fourth-order valence-electron chi connectivity index (χ4n) is 3.36. The number of carbonyl (C=O) groups is 3. The van der Waals surface area contributed by atoms with Gasteiger partial charge in [0.05, 0.1) is 0 Å². The van der Waals surface area contributed by atoms with Crippen molar-refractivity contribution in [1.82, 2.24) is 20.8 Å². The molecule has 14 heteroatoms. The molecule has 1 heterocycles. The van der Waals surface area contributed by atoms with Gasteiger partial charge < -0.3 is 24.8 Å². The lowest BCUT2D eigenvalue weighted by atomic mass is 10.0. The van der Waals surface area contributed by atoms with Crippen molar-refractivity contribution in [2.45, 2.75) is 70.9 Å². The van der Waals surface area contributed by atoms with Crippen LogP contribution in [0.5, 0.6) is 5.75 Å². The van der Waals surface area contributed by atoms with Crippen LogP contribution in [0.15, 0.2) is 28.8 Å². The summed E-state index contributed by atoms with van der Waals surface area (Å²) < 4.78 is 20.8. The molecule has 198 valence electrons. The zero-order valence-corrected chi connectivity index (χ0v) is 20.9. The number of unbranched alkanes of at least 4 members (excludes halogenated alkanes) is 2. The van der Waals surface area contributed by atoms with Crippen LogP contribution >= 0.6 is 7.82 Å². The minimum absolute atomic E-state index is 0.00112. The first-order chi connectivity index (χ1) is 17.0. The van der Waals surface area contributed by atoms with Crippen molar-refractivity contribution in [3.8, 4) is 5.75 Å². The van der Waals surface area contributed by atoms with E-state index in [2.05, 4.69) is 32.2 Å². The van der Waals surface area contributed by atoms with Crippen molar-refractivity contribution in [2.24, 2.45) is 0 Å². The quantitative estimate of drug-likeness (QED) is 0.168. The van der Waals surface area contributed by atoms with Crippen LogP contribution in [-0.2, 0) is 31.8 Å². The predicted octanol–water partition coefficient (Wildman–Crippen LogP) is 2.04. The lowest BCUT2D eigenvalue weighted by molar-refractivity contribution is -0.137. The van der Waals surface area contributed by atoms with Crippen LogP contribution in [-0.4, -0.2) is 48.9 Å². The van der Waals surface area contributed by atoms with Gasteiger partial charge in [0.15, 0.2) is 5.82 Å². The summed E-state index contributed by atoms with van der Waals surface area (Å²) in [6.07, 6.45) is 3.25. The highest BCUT2D eigenvalue weighted by Crippen LogP contribution is 2.37. The van der Waals surface area contributed by atoms with Crippen molar-refractivity contribution >= 4 is 25.6 Å².